The minimum Gasteiger partial charge on any atom is -0.487 e. The van der Waals surface area contributed by atoms with E-state index in [-0.39, 0.29) is 11.6 Å². The van der Waals surface area contributed by atoms with Crippen molar-refractivity contribution in [2.24, 2.45) is 11.8 Å². The molecule has 2 bridgehead atoms. The summed E-state index contributed by atoms with van der Waals surface area (Å²) in [5.74, 6) is 1.91. The molecule has 5 aliphatic rings. The topological polar surface area (TPSA) is 38.7 Å². The first kappa shape index (κ1) is 24.5. The molecule has 3 saturated heterocycles. The Balaban J connectivity index is 1.20. The summed E-state index contributed by atoms with van der Waals surface area (Å²) in [6.07, 6.45) is 12.5. The molecule has 0 radical (unpaired) electrons. The van der Waals surface area contributed by atoms with Crippen LogP contribution in [0.5, 0.6) is 5.75 Å². The van der Waals surface area contributed by atoms with Crippen molar-refractivity contribution in [2.75, 3.05) is 32.8 Å². The SMILES string of the molecule is OC(COC1C[N+]2(C3(COc4ccccc4)CCCC3)CCC1CC2)(c1ccccc1)C1CCCC1. The number of piperidine rings is 3. The molecule has 7 rings (SSSR count). The predicted octanol–water partition coefficient (Wildman–Crippen LogP) is 6.08. The quantitative estimate of drug-likeness (QED) is 0.433. The fourth-order valence-electron chi connectivity index (χ4n) is 8.31. The van der Waals surface area contributed by atoms with Gasteiger partial charge in [-0.1, -0.05) is 61.4 Å². The van der Waals surface area contributed by atoms with Crippen LogP contribution >= 0.6 is 0 Å². The smallest absolute Gasteiger partial charge is 0.143 e. The summed E-state index contributed by atoms with van der Waals surface area (Å²) in [5.41, 5.74) is 0.353. The van der Waals surface area contributed by atoms with Crippen molar-refractivity contribution in [3.05, 3.63) is 66.2 Å². The Labute approximate surface area is 217 Å². The van der Waals surface area contributed by atoms with Gasteiger partial charge in [0.2, 0.25) is 0 Å². The maximum absolute atomic E-state index is 12.1. The van der Waals surface area contributed by atoms with Crippen LogP contribution < -0.4 is 4.74 Å². The van der Waals surface area contributed by atoms with Gasteiger partial charge in [-0.05, 0) is 49.3 Å². The first-order valence-electron chi connectivity index (χ1n) is 14.6. The molecule has 3 heterocycles. The van der Waals surface area contributed by atoms with Crippen LogP contribution in [0.1, 0.15) is 69.8 Å². The third-order valence-electron chi connectivity index (χ3n) is 10.5. The summed E-state index contributed by atoms with van der Waals surface area (Å²) >= 11 is 0. The third-order valence-corrected chi connectivity index (χ3v) is 10.5. The number of hydrogen-bond acceptors (Lipinski definition) is 3. The average molecular weight is 491 g/mol. The number of quaternary nitrogens is 1. The number of nitrogens with zero attached hydrogens (tertiary/aromatic N) is 1. The van der Waals surface area contributed by atoms with Crippen molar-refractivity contribution in [3.8, 4) is 5.75 Å². The van der Waals surface area contributed by atoms with Crippen LogP contribution in [0.2, 0.25) is 0 Å². The highest BCUT2D eigenvalue weighted by Gasteiger charge is 2.59. The van der Waals surface area contributed by atoms with Crippen molar-refractivity contribution < 1.29 is 19.1 Å². The number of ether oxygens (including phenoxy) is 2. The lowest BCUT2D eigenvalue weighted by atomic mass is 9.77. The van der Waals surface area contributed by atoms with Crippen molar-refractivity contribution in [1.82, 2.24) is 0 Å². The molecular formula is C32H44NO3+. The fourth-order valence-corrected chi connectivity index (χ4v) is 8.31. The van der Waals surface area contributed by atoms with E-state index in [0.29, 0.717) is 18.4 Å². The van der Waals surface area contributed by atoms with Gasteiger partial charge in [0, 0.05) is 31.6 Å². The largest absolute Gasteiger partial charge is 0.487 e. The lowest BCUT2D eigenvalue weighted by Crippen LogP contribution is -2.74. The third kappa shape index (κ3) is 4.40. The van der Waals surface area contributed by atoms with Crippen molar-refractivity contribution in [2.45, 2.75) is 81.5 Å². The molecule has 2 unspecified atom stereocenters. The second-order valence-electron chi connectivity index (χ2n) is 12.3. The number of aliphatic hydroxyl groups is 1. The molecule has 0 amide bonds. The number of benzene rings is 2. The first-order chi connectivity index (χ1) is 17.6. The van der Waals surface area contributed by atoms with E-state index in [1.54, 1.807) is 0 Å². The Morgan fingerprint density at radius 3 is 2.14 bits per heavy atom. The minimum absolute atomic E-state index is 0.198. The Hall–Kier alpha value is -1.88. The lowest BCUT2D eigenvalue weighted by Gasteiger charge is -2.60. The van der Waals surface area contributed by atoms with E-state index in [2.05, 4.69) is 54.6 Å². The monoisotopic (exact) mass is 490 g/mol. The maximum atomic E-state index is 12.1. The molecule has 4 nitrogen and oxygen atoms in total. The molecule has 2 aliphatic carbocycles. The van der Waals surface area contributed by atoms with Crippen LogP contribution in [0, 0.1) is 11.8 Å². The van der Waals surface area contributed by atoms with Gasteiger partial charge < -0.3 is 19.1 Å². The lowest BCUT2D eigenvalue weighted by molar-refractivity contribution is -0.992. The normalized spacial score (nSPS) is 31.4. The number of hydrogen-bond donors (Lipinski definition) is 1. The Morgan fingerprint density at radius 1 is 0.833 bits per heavy atom. The molecule has 0 spiro atoms. The van der Waals surface area contributed by atoms with E-state index in [9.17, 15) is 5.11 Å². The molecule has 194 valence electrons. The van der Waals surface area contributed by atoms with E-state index < -0.39 is 5.60 Å². The average Bonchev–Trinajstić information content (AvgIpc) is 3.67. The Bertz CT molecular complexity index is 975. The van der Waals surface area contributed by atoms with E-state index in [1.807, 2.05) is 6.07 Å². The van der Waals surface area contributed by atoms with Gasteiger partial charge >= 0.3 is 0 Å². The Kier molecular flexibility index (Phi) is 6.87. The summed E-state index contributed by atoms with van der Waals surface area (Å²) in [6, 6.07) is 20.7. The summed E-state index contributed by atoms with van der Waals surface area (Å²) in [4.78, 5) is 0. The predicted molar refractivity (Wildman–Crippen MR) is 143 cm³/mol. The van der Waals surface area contributed by atoms with Crippen LogP contribution in [-0.4, -0.2) is 54.1 Å². The molecular weight excluding hydrogens is 446 g/mol. The molecule has 4 heteroatoms. The van der Waals surface area contributed by atoms with Gasteiger partial charge in [0.05, 0.1) is 19.7 Å². The van der Waals surface area contributed by atoms with Gasteiger partial charge in [0.1, 0.15) is 36.1 Å². The van der Waals surface area contributed by atoms with Gasteiger partial charge in [-0.3, -0.25) is 0 Å². The number of para-hydroxylation sites is 1. The van der Waals surface area contributed by atoms with E-state index >= 15 is 0 Å². The zero-order valence-corrected chi connectivity index (χ0v) is 21.8. The van der Waals surface area contributed by atoms with Gasteiger partial charge in [0.15, 0.2) is 0 Å². The Morgan fingerprint density at radius 2 is 1.47 bits per heavy atom. The molecule has 3 aliphatic heterocycles. The second-order valence-corrected chi connectivity index (χ2v) is 12.3. The van der Waals surface area contributed by atoms with Crippen LogP contribution in [0.3, 0.4) is 0 Å². The molecule has 5 fully saturated rings. The van der Waals surface area contributed by atoms with Gasteiger partial charge in [-0.2, -0.15) is 0 Å². The molecule has 2 atom stereocenters. The zero-order valence-electron chi connectivity index (χ0n) is 21.8. The zero-order chi connectivity index (χ0) is 24.5. The fraction of sp³-hybridized carbons (Fsp3) is 0.625. The van der Waals surface area contributed by atoms with Gasteiger partial charge in [0.25, 0.3) is 0 Å². The number of fused-ring (bicyclic) bond motifs is 3. The highest BCUT2D eigenvalue weighted by molar-refractivity contribution is 5.24. The van der Waals surface area contributed by atoms with Crippen LogP contribution in [-0.2, 0) is 10.3 Å². The van der Waals surface area contributed by atoms with Crippen LogP contribution in [0.4, 0.5) is 0 Å². The molecule has 0 aromatic heterocycles. The van der Waals surface area contributed by atoms with Gasteiger partial charge in [-0.25, -0.2) is 0 Å². The highest BCUT2D eigenvalue weighted by Crippen LogP contribution is 2.49. The summed E-state index contributed by atoms with van der Waals surface area (Å²) in [6.45, 7) is 4.83. The van der Waals surface area contributed by atoms with E-state index in [0.717, 1.165) is 41.8 Å². The standard InChI is InChI=1S/C32H44NO3/c34-32(28-13-7-8-14-28,27-11-3-1-4-12-27)25-36-30-23-33(21-17-26(30)18-22-33)31(19-9-10-20-31)24-35-29-15-5-2-6-16-29/h1-6,11-12,15-16,26,28,30,34H,7-10,13-14,17-25H2/q+1. The van der Waals surface area contributed by atoms with Crippen molar-refractivity contribution in [1.29, 1.82) is 0 Å². The van der Waals surface area contributed by atoms with Gasteiger partial charge in [-0.15, -0.1) is 0 Å². The maximum Gasteiger partial charge on any atom is 0.143 e. The molecule has 2 aromatic carbocycles. The summed E-state index contributed by atoms with van der Waals surface area (Å²) in [7, 11) is 0. The molecule has 2 aromatic rings. The van der Waals surface area contributed by atoms with Crippen LogP contribution in [0.25, 0.3) is 0 Å². The van der Waals surface area contributed by atoms with E-state index in [4.69, 9.17) is 9.47 Å². The highest BCUT2D eigenvalue weighted by atomic mass is 16.5. The first-order valence-corrected chi connectivity index (χ1v) is 14.6. The second kappa shape index (κ2) is 10.1. The minimum atomic E-state index is -0.879. The molecule has 1 N–H and O–H groups in total. The van der Waals surface area contributed by atoms with Crippen molar-refractivity contribution >= 4 is 0 Å². The summed E-state index contributed by atoms with van der Waals surface area (Å²) < 4.78 is 14.5. The van der Waals surface area contributed by atoms with Crippen LogP contribution in [0.15, 0.2) is 60.7 Å². The van der Waals surface area contributed by atoms with Crippen molar-refractivity contribution in [3.63, 3.8) is 0 Å². The number of rotatable bonds is 9. The molecule has 2 saturated carbocycles. The molecule has 36 heavy (non-hydrogen) atoms. The summed E-state index contributed by atoms with van der Waals surface area (Å²) in [5, 5.41) is 12.1. The van der Waals surface area contributed by atoms with E-state index in [1.165, 1.54) is 64.5 Å².